The molecule has 1 aromatic rings. The van der Waals surface area contributed by atoms with Gasteiger partial charge < -0.3 is 20.7 Å². The van der Waals surface area contributed by atoms with Gasteiger partial charge in [-0.25, -0.2) is 0 Å². The lowest BCUT2D eigenvalue weighted by Crippen LogP contribution is -2.43. The third-order valence-corrected chi connectivity index (χ3v) is 3.21. The van der Waals surface area contributed by atoms with E-state index in [4.69, 9.17) is 5.73 Å². The van der Waals surface area contributed by atoms with Crippen LogP contribution in [-0.2, 0) is 15.7 Å². The highest BCUT2D eigenvalue weighted by atomic mass is 19.4. The summed E-state index contributed by atoms with van der Waals surface area (Å²) in [5.74, 6) is 0. The van der Waals surface area contributed by atoms with E-state index in [9.17, 15) is 18.0 Å². The molecule has 0 amide bonds. The minimum Gasteiger partial charge on any atom is -0.462 e. The van der Waals surface area contributed by atoms with E-state index >= 15 is 0 Å². The molecule has 3 N–H and O–H groups in total. The lowest BCUT2D eigenvalue weighted by Gasteiger charge is -2.30. The maximum absolute atomic E-state index is 12.5. The molecule has 136 valence electrons. The van der Waals surface area contributed by atoms with Crippen molar-refractivity contribution >= 4 is 17.8 Å². The molecule has 0 atom stereocenters. The first kappa shape index (κ1) is 20.1. The largest absolute Gasteiger partial charge is 0.462 e. The monoisotopic (exact) mass is 347 g/mol. The number of nitrogens with two attached hydrogens (primary N) is 1. The van der Waals surface area contributed by atoms with E-state index < -0.39 is 11.7 Å². The number of halogens is 3. The topological polar surface area (TPSA) is 67.6 Å². The first-order valence-electron chi connectivity index (χ1n) is 7.58. The van der Waals surface area contributed by atoms with E-state index in [1.807, 2.05) is 25.7 Å². The third kappa shape index (κ3) is 6.66. The molecule has 0 aliphatic carbocycles. The summed E-state index contributed by atoms with van der Waals surface area (Å²) in [6.45, 7) is 9.08. The van der Waals surface area contributed by atoms with Crippen molar-refractivity contribution in [1.29, 1.82) is 0 Å². The van der Waals surface area contributed by atoms with Gasteiger partial charge in [0, 0.05) is 26.2 Å². The second-order valence-corrected chi connectivity index (χ2v) is 6.33. The summed E-state index contributed by atoms with van der Waals surface area (Å²) in [5.41, 5.74) is 5.53. The van der Waals surface area contributed by atoms with Crippen molar-refractivity contribution in [3.8, 4) is 0 Å². The summed E-state index contributed by atoms with van der Waals surface area (Å²) in [6, 6.07) is 3.52. The zero-order chi connectivity index (χ0) is 18.4. The average molecular weight is 347 g/mol. The number of nitrogen functional groups attached to an aromatic ring is 1. The second kappa shape index (κ2) is 8.23. The summed E-state index contributed by atoms with van der Waals surface area (Å²) in [7, 11) is 0. The van der Waals surface area contributed by atoms with Crippen LogP contribution >= 0.6 is 0 Å². The van der Waals surface area contributed by atoms with Gasteiger partial charge in [-0.2, -0.15) is 13.2 Å². The van der Waals surface area contributed by atoms with Crippen molar-refractivity contribution in [3.05, 3.63) is 23.8 Å². The van der Waals surface area contributed by atoms with Crippen molar-refractivity contribution in [3.63, 3.8) is 0 Å². The first-order chi connectivity index (χ1) is 11.0. The molecular weight excluding hydrogens is 323 g/mol. The normalized spacial score (nSPS) is 15.3. The maximum Gasteiger partial charge on any atom is 0.416 e. The van der Waals surface area contributed by atoms with Gasteiger partial charge in [0.05, 0.1) is 16.9 Å². The first-order valence-corrected chi connectivity index (χ1v) is 7.58. The van der Waals surface area contributed by atoms with Gasteiger partial charge in [0.25, 0.3) is 6.47 Å². The molecular formula is C16H24F3N3O2. The fourth-order valence-corrected chi connectivity index (χ4v) is 2.07. The Balaban J connectivity index is 0.000000351. The number of hydrogen-bond donors (Lipinski definition) is 2. The standard InChI is InChI=1S/C11H14F3N3.C5H10O2/c12-11(13,14)8-1-2-10(9(15)7-8)17-5-3-16-4-6-17;1-5(2,3)7-4-6/h1-2,7,16H,3-6,15H2;4H,1-3H3. The molecule has 0 bridgehead atoms. The summed E-state index contributed by atoms with van der Waals surface area (Å²) >= 11 is 0. The molecule has 0 radical (unpaired) electrons. The Morgan fingerprint density at radius 2 is 1.79 bits per heavy atom. The van der Waals surface area contributed by atoms with Crippen LogP contribution in [0.2, 0.25) is 0 Å². The van der Waals surface area contributed by atoms with Gasteiger partial charge in [-0.05, 0) is 39.0 Å². The van der Waals surface area contributed by atoms with Crippen LogP contribution in [-0.4, -0.2) is 38.3 Å². The van der Waals surface area contributed by atoms with Gasteiger partial charge in [0.15, 0.2) is 0 Å². The maximum atomic E-state index is 12.5. The van der Waals surface area contributed by atoms with E-state index in [0.29, 0.717) is 12.2 Å². The number of benzene rings is 1. The number of rotatable bonds is 2. The van der Waals surface area contributed by atoms with Gasteiger partial charge in [0.2, 0.25) is 0 Å². The Bertz CT molecular complexity index is 536. The summed E-state index contributed by atoms with van der Waals surface area (Å²) in [5, 5.41) is 3.18. The molecule has 24 heavy (non-hydrogen) atoms. The lowest BCUT2D eigenvalue weighted by atomic mass is 10.1. The van der Waals surface area contributed by atoms with E-state index in [2.05, 4.69) is 10.1 Å². The zero-order valence-corrected chi connectivity index (χ0v) is 14.1. The SMILES string of the molecule is CC(C)(C)OC=O.Nc1cc(C(F)(F)F)ccc1N1CCNCC1. The van der Waals surface area contributed by atoms with Crippen LogP contribution in [0, 0.1) is 0 Å². The van der Waals surface area contributed by atoms with E-state index in [1.165, 1.54) is 6.07 Å². The van der Waals surface area contributed by atoms with Crippen LogP contribution in [0.25, 0.3) is 0 Å². The number of ether oxygens (including phenoxy) is 1. The molecule has 1 aromatic carbocycles. The van der Waals surface area contributed by atoms with Crippen LogP contribution in [0.4, 0.5) is 24.5 Å². The zero-order valence-electron chi connectivity index (χ0n) is 14.1. The minimum absolute atomic E-state index is 0.182. The number of hydrogen-bond acceptors (Lipinski definition) is 5. The number of alkyl halides is 3. The number of anilines is 2. The second-order valence-electron chi connectivity index (χ2n) is 6.33. The van der Waals surface area contributed by atoms with Gasteiger partial charge in [-0.1, -0.05) is 0 Å². The van der Waals surface area contributed by atoms with Crippen molar-refractivity contribution in [2.75, 3.05) is 36.8 Å². The number of carbonyl (C=O) groups is 1. The molecule has 0 unspecified atom stereocenters. The summed E-state index contributed by atoms with van der Waals surface area (Å²) in [6.07, 6.45) is -4.34. The molecule has 2 rings (SSSR count). The van der Waals surface area contributed by atoms with Crippen molar-refractivity contribution in [1.82, 2.24) is 5.32 Å². The van der Waals surface area contributed by atoms with E-state index in [0.717, 1.165) is 38.3 Å². The number of nitrogens with one attached hydrogen (secondary N) is 1. The van der Waals surface area contributed by atoms with E-state index in [1.54, 1.807) is 0 Å². The van der Waals surface area contributed by atoms with Gasteiger partial charge >= 0.3 is 6.18 Å². The predicted molar refractivity (Wildman–Crippen MR) is 87.8 cm³/mol. The Morgan fingerprint density at radius 3 is 2.17 bits per heavy atom. The molecule has 1 aliphatic heterocycles. The molecule has 1 fully saturated rings. The van der Waals surface area contributed by atoms with Crippen LogP contribution < -0.4 is 16.0 Å². The van der Waals surface area contributed by atoms with Crippen LogP contribution in [0.5, 0.6) is 0 Å². The molecule has 5 nitrogen and oxygen atoms in total. The molecule has 1 heterocycles. The predicted octanol–water partition coefficient (Wildman–Crippen LogP) is 2.66. The molecule has 0 saturated carbocycles. The Hall–Kier alpha value is -1.96. The third-order valence-electron chi connectivity index (χ3n) is 3.21. The smallest absolute Gasteiger partial charge is 0.416 e. The summed E-state index contributed by atoms with van der Waals surface area (Å²) in [4.78, 5) is 11.6. The average Bonchev–Trinajstić information content (AvgIpc) is 2.46. The number of carbonyl (C=O) groups excluding carboxylic acids is 1. The molecule has 0 aromatic heterocycles. The highest BCUT2D eigenvalue weighted by molar-refractivity contribution is 5.69. The fraction of sp³-hybridized carbons (Fsp3) is 0.562. The fourth-order valence-electron chi connectivity index (χ4n) is 2.07. The van der Waals surface area contributed by atoms with Gasteiger partial charge in [0.1, 0.15) is 5.60 Å². The molecule has 8 heteroatoms. The van der Waals surface area contributed by atoms with Crippen molar-refractivity contribution in [2.24, 2.45) is 0 Å². The minimum atomic E-state index is -4.34. The highest BCUT2D eigenvalue weighted by Crippen LogP contribution is 2.34. The Kier molecular flexibility index (Phi) is 6.89. The summed E-state index contributed by atoms with van der Waals surface area (Å²) < 4.78 is 41.9. The van der Waals surface area contributed by atoms with Crippen molar-refractivity contribution in [2.45, 2.75) is 32.5 Å². The highest BCUT2D eigenvalue weighted by Gasteiger charge is 2.31. The van der Waals surface area contributed by atoms with Gasteiger partial charge in [-0.3, -0.25) is 4.79 Å². The van der Waals surface area contributed by atoms with Crippen LogP contribution in [0.1, 0.15) is 26.3 Å². The van der Waals surface area contributed by atoms with Gasteiger partial charge in [-0.15, -0.1) is 0 Å². The molecule has 1 saturated heterocycles. The van der Waals surface area contributed by atoms with E-state index in [-0.39, 0.29) is 11.3 Å². The number of piperazine rings is 1. The molecule has 1 aliphatic rings. The van der Waals surface area contributed by atoms with Crippen LogP contribution in [0.15, 0.2) is 18.2 Å². The molecule has 0 spiro atoms. The Morgan fingerprint density at radius 1 is 1.21 bits per heavy atom. The Labute approximate surface area is 140 Å². The number of nitrogens with zero attached hydrogens (tertiary/aromatic N) is 1. The lowest BCUT2D eigenvalue weighted by molar-refractivity contribution is -0.139. The van der Waals surface area contributed by atoms with Crippen molar-refractivity contribution < 1.29 is 22.7 Å². The van der Waals surface area contributed by atoms with Crippen LogP contribution in [0.3, 0.4) is 0 Å². The quantitative estimate of drug-likeness (QED) is 0.636.